The van der Waals surface area contributed by atoms with Gasteiger partial charge >= 0.3 is 35.5 Å². The molecule has 0 aromatic carbocycles. The first-order chi connectivity index (χ1) is 4.70. The molecule has 0 saturated carbocycles. The summed E-state index contributed by atoms with van der Waals surface area (Å²) in [5.74, 6) is -0.840. The normalized spacial score (nSPS) is 8.00. The van der Waals surface area contributed by atoms with Crippen molar-refractivity contribution in [2.24, 2.45) is 0 Å². The zero-order chi connectivity index (χ0) is 7.56. The molecule has 0 bridgehead atoms. The van der Waals surface area contributed by atoms with E-state index in [1.54, 1.807) is 10.1 Å². The molecule has 0 amide bonds. The molecule has 0 aliphatic carbocycles. The minimum absolute atomic E-state index is 0. The van der Waals surface area contributed by atoms with Gasteiger partial charge in [0.05, 0.1) is 5.69 Å². The van der Waals surface area contributed by atoms with Gasteiger partial charge in [-0.25, -0.2) is 9.36 Å². The van der Waals surface area contributed by atoms with Crippen molar-refractivity contribution < 1.29 is 61.0 Å². The van der Waals surface area contributed by atoms with Crippen molar-refractivity contribution in [3.63, 3.8) is 0 Å². The molecule has 3 nitrogen and oxygen atoms in total. The van der Waals surface area contributed by atoms with Crippen molar-refractivity contribution in [1.82, 2.24) is 0 Å². The molecular formula is C6H7BrNNaO2S. The van der Waals surface area contributed by atoms with Crippen LogP contribution in [-0.4, -0.2) is 11.1 Å². The maximum absolute atomic E-state index is 10.2. The fourth-order valence-corrected chi connectivity index (χ4v) is 1.31. The van der Waals surface area contributed by atoms with Gasteiger partial charge in [0, 0.05) is 0 Å². The van der Waals surface area contributed by atoms with E-state index in [9.17, 15) is 4.79 Å². The summed E-state index contributed by atoms with van der Waals surface area (Å²) in [5, 5.41) is 10.2. The Labute approximate surface area is 107 Å². The number of aromatic nitrogens is 1. The molecule has 1 heterocycles. The molecule has 0 atom stereocenters. The summed E-state index contributed by atoms with van der Waals surface area (Å²) in [6.07, 6.45) is 0. The number of thiazole rings is 1. The summed E-state index contributed by atoms with van der Waals surface area (Å²) in [6, 6.07) is 0. The number of hydrogen-bond donors (Lipinski definition) is 1. The Morgan fingerprint density at radius 3 is 2.67 bits per heavy atom. The van der Waals surface area contributed by atoms with E-state index in [4.69, 9.17) is 5.11 Å². The number of carbonyl (C=O) groups is 1. The van der Waals surface area contributed by atoms with Crippen molar-refractivity contribution in [2.75, 3.05) is 0 Å². The van der Waals surface area contributed by atoms with Crippen molar-refractivity contribution in [1.29, 1.82) is 0 Å². The molecule has 0 aliphatic rings. The molecule has 6 heteroatoms. The van der Waals surface area contributed by atoms with Gasteiger partial charge in [0.2, 0.25) is 12.1 Å². The molecule has 1 aromatic rings. The maximum atomic E-state index is 10.2. The third kappa shape index (κ3) is 4.47. The van der Waals surface area contributed by atoms with Crippen LogP contribution < -0.4 is 51.1 Å². The fraction of sp³-hybridized carbons (Fsp3) is 0.167. The SMILES string of the molecule is [Br-].[CH2-]c1csc[n+]1CC(=O)O.[Na+]. The van der Waals surface area contributed by atoms with E-state index in [1.807, 2.05) is 5.38 Å². The Morgan fingerprint density at radius 1 is 1.75 bits per heavy atom. The summed E-state index contributed by atoms with van der Waals surface area (Å²) in [5.41, 5.74) is 2.48. The first-order valence-electron chi connectivity index (χ1n) is 2.69. The third-order valence-electron chi connectivity index (χ3n) is 1.07. The van der Waals surface area contributed by atoms with Crippen LogP contribution in [0.25, 0.3) is 0 Å². The molecule has 0 fully saturated rings. The second kappa shape index (κ2) is 6.91. The van der Waals surface area contributed by atoms with Gasteiger partial charge in [0.25, 0.3) is 0 Å². The third-order valence-corrected chi connectivity index (χ3v) is 1.85. The zero-order valence-corrected chi connectivity index (χ0v) is 11.1. The Balaban J connectivity index is 0. The first kappa shape index (κ1) is 14.9. The van der Waals surface area contributed by atoms with Gasteiger partial charge in [0.1, 0.15) is 0 Å². The predicted molar refractivity (Wildman–Crippen MR) is 36.6 cm³/mol. The zero-order valence-electron chi connectivity index (χ0n) is 6.66. The van der Waals surface area contributed by atoms with Crippen molar-refractivity contribution >= 4 is 17.3 Å². The summed E-state index contributed by atoms with van der Waals surface area (Å²) >= 11 is 1.45. The molecule has 0 aliphatic heterocycles. The van der Waals surface area contributed by atoms with Gasteiger partial charge in [0.15, 0.2) is 0 Å². The predicted octanol–water partition coefficient (Wildman–Crippen LogP) is -5.69. The Morgan fingerprint density at radius 2 is 2.33 bits per heavy atom. The van der Waals surface area contributed by atoms with Gasteiger partial charge in [-0.1, -0.05) is 5.38 Å². The fourth-order valence-electron chi connectivity index (χ4n) is 0.602. The van der Waals surface area contributed by atoms with E-state index in [0.717, 1.165) is 5.69 Å². The molecule has 0 radical (unpaired) electrons. The largest absolute Gasteiger partial charge is 1.00 e. The van der Waals surface area contributed by atoms with Gasteiger partial charge in [-0.15, -0.1) is 0 Å². The second-order valence-electron chi connectivity index (χ2n) is 1.87. The topological polar surface area (TPSA) is 41.2 Å². The summed E-state index contributed by atoms with van der Waals surface area (Å²) in [4.78, 5) is 10.2. The van der Waals surface area contributed by atoms with Crippen LogP contribution in [0.2, 0.25) is 0 Å². The van der Waals surface area contributed by atoms with Crippen molar-refractivity contribution in [2.45, 2.75) is 6.54 Å². The standard InChI is InChI=1S/C6H7NO2S.BrH.Na/c1-5-3-10-4-7(5)2-6(8)9;;/h3-4H,1-2H2,(H,8,9);1H;/q;;+1/p-1. The van der Waals surface area contributed by atoms with Gasteiger partial charge in [-0.2, -0.15) is 18.3 Å². The quantitative estimate of drug-likeness (QED) is 0.327. The van der Waals surface area contributed by atoms with Gasteiger partial charge in [-0.05, 0) is 0 Å². The number of rotatable bonds is 2. The number of carboxylic acids is 1. The number of halogens is 1. The average Bonchev–Trinajstić information content (AvgIpc) is 2.15. The number of nitrogens with zero attached hydrogens (tertiary/aromatic N) is 1. The summed E-state index contributed by atoms with van der Waals surface area (Å²) in [6.45, 7) is 3.65. The number of aliphatic carboxylic acids is 1. The van der Waals surface area contributed by atoms with E-state index in [0.29, 0.717) is 0 Å². The van der Waals surface area contributed by atoms with Crippen LogP contribution in [0.3, 0.4) is 0 Å². The first-order valence-corrected chi connectivity index (χ1v) is 3.64. The number of hydrogen-bond acceptors (Lipinski definition) is 2. The van der Waals surface area contributed by atoms with Crippen LogP contribution in [-0.2, 0) is 11.3 Å². The van der Waals surface area contributed by atoms with E-state index in [-0.39, 0.29) is 53.1 Å². The van der Waals surface area contributed by atoms with E-state index in [1.165, 1.54) is 11.3 Å². The van der Waals surface area contributed by atoms with Crippen LogP contribution in [0.1, 0.15) is 5.69 Å². The van der Waals surface area contributed by atoms with E-state index >= 15 is 0 Å². The van der Waals surface area contributed by atoms with Gasteiger partial charge in [-0.3, -0.25) is 0 Å². The molecule has 0 spiro atoms. The van der Waals surface area contributed by atoms with Crippen LogP contribution in [0.4, 0.5) is 0 Å². The maximum Gasteiger partial charge on any atom is 1.00 e. The summed E-state index contributed by atoms with van der Waals surface area (Å²) < 4.78 is 1.59. The molecule has 62 valence electrons. The van der Waals surface area contributed by atoms with Crippen molar-refractivity contribution in [3.05, 3.63) is 23.5 Å². The van der Waals surface area contributed by atoms with E-state index < -0.39 is 5.97 Å². The number of carboxylic acid groups (broad SMARTS) is 1. The molecule has 0 unspecified atom stereocenters. The Kier molecular flexibility index (Phi) is 8.61. The smallest absolute Gasteiger partial charge is 1.00 e. The van der Waals surface area contributed by atoms with Crippen molar-refractivity contribution in [3.8, 4) is 0 Å². The molecule has 1 N–H and O–H groups in total. The molecule has 1 rings (SSSR count). The Bertz CT molecular complexity index is 253. The minimum Gasteiger partial charge on any atom is -1.00 e. The van der Waals surface area contributed by atoms with Crippen LogP contribution in [0.5, 0.6) is 0 Å². The van der Waals surface area contributed by atoms with Gasteiger partial charge < -0.3 is 22.1 Å². The van der Waals surface area contributed by atoms with Crippen LogP contribution in [0, 0.1) is 6.92 Å². The molecule has 12 heavy (non-hydrogen) atoms. The second-order valence-corrected chi connectivity index (χ2v) is 2.59. The molecular weight excluding hydrogens is 253 g/mol. The molecule has 1 aromatic heterocycles. The van der Waals surface area contributed by atoms with Crippen LogP contribution in [0.15, 0.2) is 10.9 Å². The van der Waals surface area contributed by atoms with Crippen LogP contribution >= 0.6 is 11.3 Å². The summed E-state index contributed by atoms with van der Waals surface area (Å²) in [7, 11) is 0. The minimum atomic E-state index is -0.840. The average molecular weight is 260 g/mol. The molecule has 0 saturated heterocycles. The monoisotopic (exact) mass is 259 g/mol. The Hall–Kier alpha value is 0.450. The van der Waals surface area contributed by atoms with E-state index in [2.05, 4.69) is 6.92 Å².